The first-order chi connectivity index (χ1) is 6.02. The molecule has 0 N–H and O–H groups in total. The van der Waals surface area contributed by atoms with Gasteiger partial charge in [0.1, 0.15) is 0 Å². The van der Waals surface area contributed by atoms with Crippen molar-refractivity contribution < 1.29 is 4.74 Å². The molecule has 1 aliphatic heterocycles. The molecule has 13 heavy (non-hydrogen) atoms. The van der Waals surface area contributed by atoms with E-state index in [2.05, 4.69) is 39.5 Å². The summed E-state index contributed by atoms with van der Waals surface area (Å²) in [5.41, 5.74) is 0. The number of rotatable bonds is 3. The summed E-state index contributed by atoms with van der Waals surface area (Å²) in [5.74, 6) is 0.736. The van der Waals surface area contributed by atoms with Gasteiger partial charge in [-0.3, -0.25) is 0 Å². The monoisotopic (exact) mass is 202 g/mol. The fourth-order valence-corrected chi connectivity index (χ4v) is 2.95. The summed E-state index contributed by atoms with van der Waals surface area (Å²) in [6.45, 7) is 11.2. The highest BCUT2D eigenvalue weighted by atomic mass is 32.2. The summed E-state index contributed by atoms with van der Waals surface area (Å²) in [4.78, 5) is 0. The van der Waals surface area contributed by atoms with Crippen LogP contribution in [0.25, 0.3) is 0 Å². The highest BCUT2D eigenvalue weighted by Gasteiger charge is 2.28. The minimum Gasteiger partial charge on any atom is -0.380 e. The van der Waals surface area contributed by atoms with Crippen molar-refractivity contribution in [3.8, 4) is 0 Å². The lowest BCUT2D eigenvalue weighted by molar-refractivity contribution is 0.101. The third kappa shape index (κ3) is 3.51. The van der Waals surface area contributed by atoms with E-state index in [0.717, 1.165) is 24.4 Å². The van der Waals surface area contributed by atoms with Gasteiger partial charge in [-0.1, -0.05) is 27.7 Å². The van der Waals surface area contributed by atoms with Gasteiger partial charge in [-0.15, -0.1) is 11.8 Å². The van der Waals surface area contributed by atoms with E-state index < -0.39 is 0 Å². The van der Waals surface area contributed by atoms with Gasteiger partial charge in [0, 0.05) is 16.6 Å². The molecule has 1 aliphatic rings. The molecule has 1 atom stereocenters. The van der Waals surface area contributed by atoms with Gasteiger partial charge in [-0.2, -0.15) is 0 Å². The number of thioether (sulfide) groups is 1. The molecule has 0 bridgehead atoms. The molecule has 0 aromatic rings. The first-order valence-electron chi connectivity index (χ1n) is 5.28. The summed E-state index contributed by atoms with van der Waals surface area (Å²) in [6, 6.07) is 0. The Bertz CT molecular complexity index is 148. The summed E-state index contributed by atoms with van der Waals surface area (Å²) in [5, 5.41) is 0.728. The molecular formula is C11H22OS. The van der Waals surface area contributed by atoms with E-state index >= 15 is 0 Å². The molecule has 0 aromatic heterocycles. The molecular weight excluding hydrogens is 180 g/mol. The van der Waals surface area contributed by atoms with E-state index in [1.165, 1.54) is 12.8 Å². The minimum atomic E-state index is 0.394. The minimum absolute atomic E-state index is 0.394. The van der Waals surface area contributed by atoms with Gasteiger partial charge in [-0.05, 0) is 18.8 Å². The molecule has 0 aromatic carbocycles. The average molecular weight is 202 g/mol. The Morgan fingerprint density at radius 3 is 2.54 bits per heavy atom. The van der Waals surface area contributed by atoms with Crippen molar-refractivity contribution in [2.24, 2.45) is 5.92 Å². The van der Waals surface area contributed by atoms with Crippen molar-refractivity contribution >= 4 is 11.8 Å². The van der Waals surface area contributed by atoms with Gasteiger partial charge in [0.05, 0.1) is 6.61 Å². The average Bonchev–Trinajstić information content (AvgIpc) is 2.05. The van der Waals surface area contributed by atoms with E-state index in [0.29, 0.717) is 4.75 Å². The molecule has 1 unspecified atom stereocenters. The van der Waals surface area contributed by atoms with Crippen LogP contribution in [0, 0.1) is 5.92 Å². The van der Waals surface area contributed by atoms with Gasteiger partial charge in [0.15, 0.2) is 0 Å². The Balaban J connectivity index is 2.37. The third-order valence-corrected chi connectivity index (χ3v) is 4.76. The molecule has 1 fully saturated rings. The quantitative estimate of drug-likeness (QED) is 0.694. The molecule has 0 saturated carbocycles. The van der Waals surface area contributed by atoms with E-state index in [1.807, 2.05) is 0 Å². The van der Waals surface area contributed by atoms with Crippen molar-refractivity contribution in [3.05, 3.63) is 0 Å². The topological polar surface area (TPSA) is 9.23 Å². The second-order valence-corrected chi connectivity index (χ2v) is 6.67. The van der Waals surface area contributed by atoms with Crippen LogP contribution in [0.4, 0.5) is 0 Å². The lowest BCUT2D eigenvalue weighted by Gasteiger charge is -2.34. The fraction of sp³-hybridized carbons (Fsp3) is 1.00. The summed E-state index contributed by atoms with van der Waals surface area (Å²) >= 11 is 2.11. The zero-order valence-corrected chi connectivity index (χ0v) is 10.1. The highest BCUT2D eigenvalue weighted by Crippen LogP contribution is 2.37. The standard InChI is InChI=1S/C11H22OS/c1-9(2)11(3,4)13-10-6-5-7-12-8-10/h9-10H,5-8H2,1-4H3. The Kier molecular flexibility index (Phi) is 4.11. The van der Waals surface area contributed by atoms with Crippen LogP contribution >= 0.6 is 11.8 Å². The van der Waals surface area contributed by atoms with E-state index in [9.17, 15) is 0 Å². The Morgan fingerprint density at radius 2 is 2.08 bits per heavy atom. The van der Waals surface area contributed by atoms with Gasteiger partial charge < -0.3 is 4.74 Å². The maximum absolute atomic E-state index is 5.49. The van der Waals surface area contributed by atoms with Gasteiger partial charge >= 0.3 is 0 Å². The van der Waals surface area contributed by atoms with E-state index in [1.54, 1.807) is 0 Å². The van der Waals surface area contributed by atoms with Crippen LogP contribution in [0.1, 0.15) is 40.5 Å². The van der Waals surface area contributed by atoms with Crippen LogP contribution < -0.4 is 0 Å². The second-order valence-electron chi connectivity index (χ2n) is 4.72. The summed E-state index contributed by atoms with van der Waals surface area (Å²) < 4.78 is 5.88. The molecule has 1 rings (SSSR count). The van der Waals surface area contributed by atoms with E-state index in [-0.39, 0.29) is 0 Å². The molecule has 1 saturated heterocycles. The maximum atomic E-state index is 5.49. The predicted octanol–water partition coefficient (Wildman–Crippen LogP) is 3.33. The number of hydrogen-bond acceptors (Lipinski definition) is 2. The van der Waals surface area contributed by atoms with Crippen LogP contribution in [-0.4, -0.2) is 23.2 Å². The second kappa shape index (κ2) is 4.70. The lowest BCUT2D eigenvalue weighted by Crippen LogP contribution is -2.30. The van der Waals surface area contributed by atoms with Crippen LogP contribution in [-0.2, 0) is 4.74 Å². The number of hydrogen-bond donors (Lipinski definition) is 0. The molecule has 2 heteroatoms. The molecule has 0 spiro atoms. The zero-order chi connectivity index (χ0) is 9.90. The Labute approximate surface area is 86.6 Å². The van der Waals surface area contributed by atoms with Crippen molar-refractivity contribution in [1.29, 1.82) is 0 Å². The summed E-state index contributed by atoms with van der Waals surface area (Å²) in [7, 11) is 0. The highest BCUT2D eigenvalue weighted by molar-refractivity contribution is 8.01. The fourth-order valence-electron chi connectivity index (χ4n) is 1.37. The smallest absolute Gasteiger partial charge is 0.0585 e. The van der Waals surface area contributed by atoms with Crippen molar-refractivity contribution in [2.45, 2.75) is 50.5 Å². The van der Waals surface area contributed by atoms with Crippen LogP contribution in [0.2, 0.25) is 0 Å². The van der Waals surface area contributed by atoms with E-state index in [4.69, 9.17) is 4.74 Å². The van der Waals surface area contributed by atoms with Gasteiger partial charge in [-0.25, -0.2) is 0 Å². The van der Waals surface area contributed by atoms with Crippen molar-refractivity contribution in [3.63, 3.8) is 0 Å². The van der Waals surface area contributed by atoms with Gasteiger partial charge in [0.2, 0.25) is 0 Å². The molecule has 1 nitrogen and oxygen atoms in total. The number of ether oxygens (including phenoxy) is 1. The summed E-state index contributed by atoms with van der Waals surface area (Å²) in [6.07, 6.45) is 2.58. The molecule has 0 radical (unpaired) electrons. The van der Waals surface area contributed by atoms with Crippen LogP contribution in [0.3, 0.4) is 0 Å². The first-order valence-corrected chi connectivity index (χ1v) is 6.16. The van der Waals surface area contributed by atoms with Crippen LogP contribution in [0.5, 0.6) is 0 Å². The van der Waals surface area contributed by atoms with Gasteiger partial charge in [0.25, 0.3) is 0 Å². The van der Waals surface area contributed by atoms with Crippen molar-refractivity contribution in [1.82, 2.24) is 0 Å². The first kappa shape index (κ1) is 11.4. The van der Waals surface area contributed by atoms with Crippen molar-refractivity contribution in [2.75, 3.05) is 13.2 Å². The molecule has 0 aliphatic carbocycles. The molecule has 78 valence electrons. The lowest BCUT2D eigenvalue weighted by atomic mass is 10.00. The third-order valence-electron chi connectivity index (χ3n) is 2.98. The SMILES string of the molecule is CC(C)C(C)(C)SC1CCCOC1. The predicted molar refractivity (Wildman–Crippen MR) is 60.3 cm³/mol. The maximum Gasteiger partial charge on any atom is 0.0585 e. The molecule has 0 amide bonds. The van der Waals surface area contributed by atoms with Crippen LogP contribution in [0.15, 0.2) is 0 Å². The molecule has 1 heterocycles. The Morgan fingerprint density at radius 1 is 1.38 bits per heavy atom. The Hall–Kier alpha value is 0.310. The normalized spacial score (nSPS) is 25.2. The zero-order valence-electron chi connectivity index (χ0n) is 9.30. The largest absolute Gasteiger partial charge is 0.380 e.